The second-order valence-corrected chi connectivity index (χ2v) is 7.85. The number of hydrogen-bond donors (Lipinski definition) is 0. The zero-order valence-corrected chi connectivity index (χ0v) is 17.3. The molecule has 0 saturated carbocycles. The van der Waals surface area contributed by atoms with Crippen molar-refractivity contribution in [2.75, 3.05) is 58.8 Å². The van der Waals surface area contributed by atoms with E-state index in [1.165, 1.54) is 11.3 Å². The Labute approximate surface area is 169 Å². The molecule has 1 aliphatic heterocycles. The van der Waals surface area contributed by atoms with Crippen LogP contribution in [0.1, 0.15) is 11.1 Å². The van der Waals surface area contributed by atoms with Gasteiger partial charge in [-0.25, -0.2) is 0 Å². The fourth-order valence-corrected chi connectivity index (χ4v) is 3.52. The average molecular weight is 381 g/mol. The molecule has 0 spiro atoms. The summed E-state index contributed by atoms with van der Waals surface area (Å²) < 4.78 is 0. The van der Waals surface area contributed by atoms with Crippen molar-refractivity contribution in [2.24, 2.45) is 0 Å². The van der Waals surface area contributed by atoms with Crippen LogP contribution in [0.4, 0.5) is 5.69 Å². The molecule has 0 unspecified atom stereocenters. The minimum atomic E-state index is 0.188. The van der Waals surface area contributed by atoms with Crippen LogP contribution < -0.4 is 4.90 Å². The minimum absolute atomic E-state index is 0.188. The van der Waals surface area contributed by atoms with Gasteiger partial charge in [-0.2, -0.15) is 0 Å². The summed E-state index contributed by atoms with van der Waals surface area (Å²) in [5, 5.41) is 0. The molecule has 1 saturated heterocycles. The van der Waals surface area contributed by atoms with Crippen LogP contribution in [0.15, 0.2) is 54.6 Å². The lowest BCUT2D eigenvalue weighted by atomic mass is 10.2. The van der Waals surface area contributed by atoms with Gasteiger partial charge in [0.25, 0.3) is 0 Å². The molecule has 2 aromatic rings. The first-order valence-corrected chi connectivity index (χ1v) is 10.00. The monoisotopic (exact) mass is 380 g/mol. The van der Waals surface area contributed by atoms with E-state index < -0.39 is 0 Å². The van der Waals surface area contributed by atoms with Gasteiger partial charge in [0.15, 0.2) is 0 Å². The van der Waals surface area contributed by atoms with Crippen molar-refractivity contribution in [3.63, 3.8) is 0 Å². The molecule has 0 aromatic heterocycles. The Morgan fingerprint density at radius 1 is 0.821 bits per heavy atom. The van der Waals surface area contributed by atoms with E-state index in [-0.39, 0.29) is 5.91 Å². The molecule has 28 heavy (non-hydrogen) atoms. The molecule has 150 valence electrons. The van der Waals surface area contributed by atoms with Crippen molar-refractivity contribution in [1.29, 1.82) is 0 Å². The van der Waals surface area contributed by atoms with Gasteiger partial charge >= 0.3 is 0 Å². The molecule has 1 aliphatic rings. The smallest absolute Gasteiger partial charge is 0.236 e. The van der Waals surface area contributed by atoms with E-state index in [2.05, 4.69) is 69.3 Å². The van der Waals surface area contributed by atoms with Crippen molar-refractivity contribution in [3.05, 3.63) is 65.7 Å². The lowest BCUT2D eigenvalue weighted by Crippen LogP contribution is -2.49. The molecule has 2 aromatic carbocycles. The third-order valence-electron chi connectivity index (χ3n) is 5.37. The van der Waals surface area contributed by atoms with Gasteiger partial charge in [-0.1, -0.05) is 42.5 Å². The molecule has 1 heterocycles. The summed E-state index contributed by atoms with van der Waals surface area (Å²) in [6, 6.07) is 19.0. The SMILES string of the molecule is CN(Cc1ccc(N(C)C)cc1)C(=O)CN1CCN(Cc2ccccc2)CC1. The van der Waals surface area contributed by atoms with E-state index >= 15 is 0 Å². The van der Waals surface area contributed by atoms with Crippen molar-refractivity contribution < 1.29 is 4.79 Å². The van der Waals surface area contributed by atoms with Gasteiger partial charge < -0.3 is 9.80 Å². The van der Waals surface area contributed by atoms with Gasteiger partial charge in [-0.15, -0.1) is 0 Å². The Kier molecular flexibility index (Phi) is 7.06. The number of carbonyl (C=O) groups excluding carboxylic acids is 1. The highest BCUT2D eigenvalue weighted by Crippen LogP contribution is 2.14. The van der Waals surface area contributed by atoms with Crippen LogP contribution in [0.3, 0.4) is 0 Å². The first-order valence-electron chi connectivity index (χ1n) is 10.00. The predicted molar refractivity (Wildman–Crippen MR) is 115 cm³/mol. The van der Waals surface area contributed by atoms with E-state index in [1.807, 2.05) is 26.0 Å². The standard InChI is InChI=1S/C23H32N4O/c1-24(2)22-11-9-21(10-12-22)17-25(3)23(28)19-27-15-13-26(14-16-27)18-20-7-5-4-6-8-20/h4-12H,13-19H2,1-3H3. The normalized spacial score (nSPS) is 15.4. The minimum Gasteiger partial charge on any atom is -0.378 e. The maximum Gasteiger partial charge on any atom is 0.236 e. The highest BCUT2D eigenvalue weighted by Gasteiger charge is 2.20. The number of benzene rings is 2. The van der Waals surface area contributed by atoms with E-state index in [4.69, 9.17) is 0 Å². The summed E-state index contributed by atoms with van der Waals surface area (Å²) in [4.78, 5) is 21.3. The van der Waals surface area contributed by atoms with Crippen LogP contribution in [0, 0.1) is 0 Å². The third kappa shape index (κ3) is 5.81. The maximum absolute atomic E-state index is 12.6. The Bertz CT molecular complexity index is 737. The summed E-state index contributed by atoms with van der Waals surface area (Å²) in [5.41, 5.74) is 3.69. The van der Waals surface area contributed by atoms with Gasteiger partial charge in [-0.3, -0.25) is 14.6 Å². The van der Waals surface area contributed by atoms with Crippen LogP contribution >= 0.6 is 0 Å². The van der Waals surface area contributed by atoms with Crippen molar-refractivity contribution >= 4 is 11.6 Å². The molecule has 1 fully saturated rings. The molecule has 0 bridgehead atoms. The number of nitrogens with zero attached hydrogens (tertiary/aromatic N) is 4. The Morgan fingerprint density at radius 2 is 1.43 bits per heavy atom. The lowest BCUT2D eigenvalue weighted by molar-refractivity contribution is -0.132. The maximum atomic E-state index is 12.6. The van der Waals surface area contributed by atoms with Gasteiger partial charge in [0.05, 0.1) is 6.54 Å². The van der Waals surface area contributed by atoms with Crippen LogP contribution in [0.25, 0.3) is 0 Å². The second kappa shape index (κ2) is 9.71. The first-order chi connectivity index (χ1) is 13.5. The molecule has 0 atom stereocenters. The molecular weight excluding hydrogens is 348 g/mol. The largest absolute Gasteiger partial charge is 0.378 e. The summed E-state index contributed by atoms with van der Waals surface area (Å²) in [5.74, 6) is 0.188. The zero-order chi connectivity index (χ0) is 19.9. The van der Waals surface area contributed by atoms with Gasteiger partial charge in [0.1, 0.15) is 0 Å². The molecule has 5 nitrogen and oxygen atoms in total. The van der Waals surface area contributed by atoms with Crippen LogP contribution in [-0.2, 0) is 17.9 Å². The van der Waals surface area contributed by atoms with E-state index in [1.54, 1.807) is 0 Å². The molecule has 1 amide bonds. The lowest BCUT2D eigenvalue weighted by Gasteiger charge is -2.35. The fraction of sp³-hybridized carbons (Fsp3) is 0.435. The molecule has 3 rings (SSSR count). The van der Waals surface area contributed by atoms with E-state index in [9.17, 15) is 4.79 Å². The number of anilines is 1. The number of carbonyl (C=O) groups is 1. The number of amides is 1. The van der Waals surface area contributed by atoms with Crippen LogP contribution in [-0.4, -0.2) is 74.5 Å². The summed E-state index contributed by atoms with van der Waals surface area (Å²) in [6.07, 6.45) is 0. The summed E-state index contributed by atoms with van der Waals surface area (Å²) in [6.45, 7) is 6.07. The molecule has 5 heteroatoms. The number of likely N-dealkylation sites (N-methyl/N-ethyl adjacent to an activating group) is 1. The van der Waals surface area contributed by atoms with E-state index in [0.717, 1.165) is 38.3 Å². The summed E-state index contributed by atoms with van der Waals surface area (Å²) >= 11 is 0. The van der Waals surface area contributed by atoms with Crippen molar-refractivity contribution in [3.8, 4) is 0 Å². The topological polar surface area (TPSA) is 30.0 Å². The van der Waals surface area contributed by atoms with Crippen LogP contribution in [0.2, 0.25) is 0 Å². The van der Waals surface area contributed by atoms with Crippen molar-refractivity contribution in [2.45, 2.75) is 13.1 Å². The third-order valence-corrected chi connectivity index (χ3v) is 5.37. The molecular formula is C23H32N4O. The van der Waals surface area contributed by atoms with Gasteiger partial charge in [0, 0.05) is 66.1 Å². The zero-order valence-electron chi connectivity index (χ0n) is 17.3. The fourth-order valence-electron chi connectivity index (χ4n) is 3.52. The Hall–Kier alpha value is -2.37. The number of rotatable bonds is 7. The first kappa shape index (κ1) is 20.4. The average Bonchev–Trinajstić information content (AvgIpc) is 2.70. The Morgan fingerprint density at radius 3 is 2.04 bits per heavy atom. The number of piperazine rings is 1. The number of hydrogen-bond acceptors (Lipinski definition) is 4. The molecule has 0 N–H and O–H groups in total. The Balaban J connectivity index is 1.42. The quantitative estimate of drug-likeness (QED) is 0.738. The summed E-state index contributed by atoms with van der Waals surface area (Å²) in [7, 11) is 5.96. The van der Waals surface area contributed by atoms with Crippen LogP contribution in [0.5, 0.6) is 0 Å². The van der Waals surface area contributed by atoms with Gasteiger partial charge in [0.2, 0.25) is 5.91 Å². The highest BCUT2D eigenvalue weighted by atomic mass is 16.2. The van der Waals surface area contributed by atoms with Gasteiger partial charge in [-0.05, 0) is 23.3 Å². The molecule has 0 radical (unpaired) electrons. The highest BCUT2D eigenvalue weighted by molar-refractivity contribution is 5.78. The molecule has 0 aliphatic carbocycles. The predicted octanol–water partition coefficient (Wildman–Crippen LogP) is 2.53. The second-order valence-electron chi connectivity index (χ2n) is 7.85. The van der Waals surface area contributed by atoms with E-state index in [0.29, 0.717) is 13.1 Å². The van der Waals surface area contributed by atoms with Crippen molar-refractivity contribution in [1.82, 2.24) is 14.7 Å².